The molecule has 84 valence electrons. The van der Waals surface area contributed by atoms with E-state index in [1.807, 2.05) is 19.1 Å². The van der Waals surface area contributed by atoms with Crippen LogP contribution in [0.5, 0.6) is 0 Å². The predicted octanol–water partition coefficient (Wildman–Crippen LogP) is 3.96. The van der Waals surface area contributed by atoms with E-state index in [0.29, 0.717) is 6.54 Å². The van der Waals surface area contributed by atoms with E-state index < -0.39 is 0 Å². The summed E-state index contributed by atoms with van der Waals surface area (Å²) in [6, 6.07) is 8.19. The van der Waals surface area contributed by atoms with E-state index in [1.165, 1.54) is 4.90 Å². The Morgan fingerprint density at radius 2 is 2.19 bits per heavy atom. The van der Waals surface area contributed by atoms with Gasteiger partial charge in [-0.3, -0.25) is 0 Å². The smallest absolute Gasteiger partial charge is 0.114 e. The number of nitrogens with two attached hydrogens (primary N) is 1. The molecule has 4 heteroatoms. The van der Waals surface area contributed by atoms with Crippen molar-refractivity contribution in [2.24, 2.45) is 5.73 Å². The lowest BCUT2D eigenvalue weighted by atomic mass is 10.2. The van der Waals surface area contributed by atoms with E-state index in [-0.39, 0.29) is 0 Å². The van der Waals surface area contributed by atoms with Gasteiger partial charge in [0.05, 0.1) is 11.2 Å². The number of hydrogen-bond donors (Lipinski definition) is 1. The third-order valence-electron chi connectivity index (χ3n) is 2.21. The second-order valence-electron chi connectivity index (χ2n) is 3.44. The minimum absolute atomic E-state index is 0.553. The van der Waals surface area contributed by atoms with Crippen LogP contribution >= 0.6 is 27.7 Å². The normalized spacial score (nSPS) is 10.7. The predicted molar refractivity (Wildman–Crippen MR) is 69.6 cm³/mol. The van der Waals surface area contributed by atoms with Crippen molar-refractivity contribution >= 4 is 27.7 Å². The van der Waals surface area contributed by atoms with Crippen LogP contribution in [-0.4, -0.2) is 0 Å². The van der Waals surface area contributed by atoms with Gasteiger partial charge in [0.2, 0.25) is 0 Å². The van der Waals surface area contributed by atoms with Gasteiger partial charge in [-0.15, -0.1) is 0 Å². The van der Waals surface area contributed by atoms with E-state index in [0.717, 1.165) is 20.7 Å². The van der Waals surface area contributed by atoms with Crippen molar-refractivity contribution < 1.29 is 4.42 Å². The lowest BCUT2D eigenvalue weighted by Gasteiger charge is -2.04. The Kier molecular flexibility index (Phi) is 3.74. The van der Waals surface area contributed by atoms with Crippen molar-refractivity contribution in [3.63, 3.8) is 0 Å². The minimum atomic E-state index is 0.553. The molecule has 0 unspecified atom stereocenters. The average molecular weight is 298 g/mol. The van der Waals surface area contributed by atoms with Crippen LogP contribution in [0.2, 0.25) is 0 Å². The van der Waals surface area contributed by atoms with Crippen LogP contribution in [0.1, 0.15) is 11.3 Å². The van der Waals surface area contributed by atoms with Gasteiger partial charge in [0.25, 0.3) is 0 Å². The maximum atomic E-state index is 5.64. The summed E-state index contributed by atoms with van der Waals surface area (Å²) in [5, 5.41) is 0. The summed E-state index contributed by atoms with van der Waals surface area (Å²) in [5.74, 6) is 0.944. The molecular weight excluding hydrogens is 286 g/mol. The number of rotatable bonds is 3. The highest BCUT2D eigenvalue weighted by Gasteiger charge is 2.05. The van der Waals surface area contributed by atoms with E-state index in [4.69, 9.17) is 10.2 Å². The van der Waals surface area contributed by atoms with Gasteiger partial charge in [-0.2, -0.15) is 0 Å². The fraction of sp³-hybridized carbons (Fsp3) is 0.167. The summed E-state index contributed by atoms with van der Waals surface area (Å²) >= 11 is 5.17. The van der Waals surface area contributed by atoms with Crippen molar-refractivity contribution in [3.8, 4) is 0 Å². The zero-order valence-electron chi connectivity index (χ0n) is 8.87. The lowest BCUT2D eigenvalue weighted by molar-refractivity contribution is 0.527. The Bertz CT molecular complexity index is 496. The Morgan fingerprint density at radius 3 is 2.81 bits per heavy atom. The highest BCUT2D eigenvalue weighted by Crippen LogP contribution is 2.33. The molecule has 0 fully saturated rings. The molecule has 2 aromatic rings. The molecule has 2 nitrogen and oxygen atoms in total. The first-order valence-electron chi connectivity index (χ1n) is 4.90. The molecule has 1 heterocycles. The van der Waals surface area contributed by atoms with Crippen LogP contribution in [0.4, 0.5) is 0 Å². The van der Waals surface area contributed by atoms with Gasteiger partial charge >= 0.3 is 0 Å². The molecule has 0 aliphatic rings. The fourth-order valence-electron chi connectivity index (χ4n) is 1.40. The standard InChI is InChI=1S/C12H12BrNOS/c1-8-12(2-3-15-8)16-11-5-9(7-14)4-10(13)6-11/h2-6H,7,14H2,1H3. The van der Waals surface area contributed by atoms with Crippen LogP contribution < -0.4 is 5.73 Å². The summed E-state index contributed by atoms with van der Waals surface area (Å²) in [5.41, 5.74) is 6.77. The molecule has 1 aromatic heterocycles. The van der Waals surface area contributed by atoms with Crippen LogP contribution in [-0.2, 0) is 6.54 Å². The van der Waals surface area contributed by atoms with Crippen molar-refractivity contribution in [1.29, 1.82) is 0 Å². The van der Waals surface area contributed by atoms with E-state index in [9.17, 15) is 0 Å². The van der Waals surface area contributed by atoms with Gasteiger partial charge in [-0.1, -0.05) is 27.7 Å². The Labute approximate surface area is 107 Å². The SMILES string of the molecule is Cc1occc1Sc1cc(Br)cc(CN)c1. The van der Waals surface area contributed by atoms with Crippen molar-refractivity contribution in [1.82, 2.24) is 0 Å². The molecule has 2 rings (SSSR count). The topological polar surface area (TPSA) is 39.2 Å². The molecule has 2 N–H and O–H groups in total. The molecule has 1 aromatic carbocycles. The Hall–Kier alpha value is -0.710. The average Bonchev–Trinajstić information content (AvgIpc) is 2.63. The highest BCUT2D eigenvalue weighted by atomic mass is 79.9. The molecule has 0 atom stereocenters. The second-order valence-corrected chi connectivity index (χ2v) is 5.47. The van der Waals surface area contributed by atoms with Crippen molar-refractivity contribution in [3.05, 3.63) is 46.3 Å². The van der Waals surface area contributed by atoms with E-state index in [2.05, 4.69) is 28.1 Å². The fourth-order valence-corrected chi connectivity index (χ4v) is 3.06. The second kappa shape index (κ2) is 5.08. The molecule has 0 saturated heterocycles. The van der Waals surface area contributed by atoms with Gasteiger partial charge in [0.1, 0.15) is 5.76 Å². The molecule has 16 heavy (non-hydrogen) atoms. The zero-order valence-corrected chi connectivity index (χ0v) is 11.3. The van der Waals surface area contributed by atoms with Crippen LogP contribution in [0, 0.1) is 6.92 Å². The third kappa shape index (κ3) is 2.70. The van der Waals surface area contributed by atoms with Gasteiger partial charge < -0.3 is 10.2 Å². The minimum Gasteiger partial charge on any atom is -0.468 e. The lowest BCUT2D eigenvalue weighted by Crippen LogP contribution is -1.96. The summed E-state index contributed by atoms with van der Waals surface area (Å²) in [4.78, 5) is 2.31. The molecule has 0 radical (unpaired) electrons. The number of hydrogen-bond acceptors (Lipinski definition) is 3. The molecule has 0 aliphatic carbocycles. The van der Waals surface area contributed by atoms with Crippen LogP contribution in [0.15, 0.2) is 49.2 Å². The maximum absolute atomic E-state index is 5.64. The number of benzene rings is 1. The Balaban J connectivity index is 2.28. The first-order valence-corrected chi connectivity index (χ1v) is 6.51. The molecule has 0 saturated carbocycles. The summed E-state index contributed by atoms with van der Waals surface area (Å²) < 4.78 is 6.32. The summed E-state index contributed by atoms with van der Waals surface area (Å²) in [6.45, 7) is 2.52. The van der Waals surface area contributed by atoms with Crippen LogP contribution in [0.3, 0.4) is 0 Å². The first kappa shape index (κ1) is 11.8. The number of furan rings is 1. The molecule has 0 aliphatic heterocycles. The molecule has 0 bridgehead atoms. The maximum Gasteiger partial charge on any atom is 0.114 e. The first-order chi connectivity index (χ1) is 7.69. The summed E-state index contributed by atoms with van der Waals surface area (Å²) in [6.07, 6.45) is 1.71. The zero-order chi connectivity index (χ0) is 11.5. The molecule has 0 spiro atoms. The largest absolute Gasteiger partial charge is 0.468 e. The van der Waals surface area contributed by atoms with Crippen molar-refractivity contribution in [2.45, 2.75) is 23.3 Å². The van der Waals surface area contributed by atoms with Gasteiger partial charge in [0, 0.05) is 15.9 Å². The monoisotopic (exact) mass is 297 g/mol. The third-order valence-corrected chi connectivity index (χ3v) is 3.78. The van der Waals surface area contributed by atoms with E-state index >= 15 is 0 Å². The quantitative estimate of drug-likeness (QED) is 0.932. The van der Waals surface area contributed by atoms with E-state index in [1.54, 1.807) is 18.0 Å². The molecular formula is C12H12BrNOS. The van der Waals surface area contributed by atoms with Crippen LogP contribution in [0.25, 0.3) is 0 Å². The van der Waals surface area contributed by atoms with Gasteiger partial charge in [-0.25, -0.2) is 0 Å². The molecule has 0 amide bonds. The van der Waals surface area contributed by atoms with Gasteiger partial charge in [-0.05, 0) is 36.8 Å². The van der Waals surface area contributed by atoms with Gasteiger partial charge in [0.15, 0.2) is 0 Å². The number of aryl methyl sites for hydroxylation is 1. The van der Waals surface area contributed by atoms with Crippen molar-refractivity contribution in [2.75, 3.05) is 0 Å². The Morgan fingerprint density at radius 1 is 1.38 bits per heavy atom. The number of halogens is 1. The highest BCUT2D eigenvalue weighted by molar-refractivity contribution is 9.10. The summed E-state index contributed by atoms with van der Waals surface area (Å²) in [7, 11) is 0.